The molecule has 0 aromatic carbocycles. The first-order valence-electron chi connectivity index (χ1n) is 6.67. The topological polar surface area (TPSA) is 85.1 Å². The molecule has 0 radical (unpaired) electrons. The lowest BCUT2D eigenvalue weighted by molar-refractivity contribution is -0.385. The van der Waals surface area contributed by atoms with Gasteiger partial charge in [0, 0.05) is 12.6 Å². The van der Waals surface area contributed by atoms with Crippen LogP contribution in [0.25, 0.3) is 0 Å². The number of nitrogens with one attached hydrogen (secondary N) is 1. The van der Waals surface area contributed by atoms with Gasteiger partial charge in [-0.3, -0.25) is 14.9 Å². The average Bonchev–Trinajstić information content (AvgIpc) is 2.77. The first kappa shape index (κ1) is 15.7. The third-order valence-electron chi connectivity index (χ3n) is 5.07. The van der Waals surface area contributed by atoms with Gasteiger partial charge >= 0.3 is 0 Å². The summed E-state index contributed by atoms with van der Waals surface area (Å²) < 4.78 is 0. The zero-order valence-electron chi connectivity index (χ0n) is 12.4. The van der Waals surface area contributed by atoms with Crippen LogP contribution in [0.1, 0.15) is 38.1 Å². The molecule has 1 aromatic rings. The molecule has 0 saturated heterocycles. The molecule has 1 saturated carbocycles. The lowest BCUT2D eigenvalue weighted by atomic mass is 10.0. The quantitative estimate of drug-likeness (QED) is 0.526. The van der Waals surface area contributed by atoms with E-state index in [9.17, 15) is 14.9 Å². The summed E-state index contributed by atoms with van der Waals surface area (Å²) in [5.41, 5.74) is 0.0921. The number of pyridine rings is 1. The normalized spacial score (nSPS) is 19.1. The summed E-state index contributed by atoms with van der Waals surface area (Å²) in [6.07, 6.45) is 1.03. The van der Waals surface area contributed by atoms with Crippen LogP contribution in [-0.4, -0.2) is 22.4 Å². The monoisotopic (exact) mass is 311 g/mol. The lowest BCUT2D eigenvalue weighted by Gasteiger charge is -2.07. The fraction of sp³-hybridized carbons (Fsp3) is 0.571. The van der Waals surface area contributed by atoms with E-state index < -0.39 is 10.8 Å². The second-order valence-corrected chi connectivity index (χ2v) is 6.85. The van der Waals surface area contributed by atoms with Crippen LogP contribution in [0.5, 0.6) is 0 Å². The zero-order valence-corrected chi connectivity index (χ0v) is 13.2. The van der Waals surface area contributed by atoms with Crippen molar-refractivity contribution in [2.24, 2.45) is 16.7 Å². The molecule has 7 heteroatoms. The highest BCUT2D eigenvalue weighted by Crippen LogP contribution is 2.67. The van der Waals surface area contributed by atoms with Crippen LogP contribution in [0.3, 0.4) is 0 Å². The fourth-order valence-electron chi connectivity index (χ4n) is 2.83. The molecule has 1 aliphatic rings. The molecule has 6 nitrogen and oxygen atoms in total. The van der Waals surface area contributed by atoms with Gasteiger partial charge in [0.25, 0.3) is 11.6 Å². The molecule has 1 aromatic heterocycles. The van der Waals surface area contributed by atoms with Crippen LogP contribution < -0.4 is 5.32 Å². The van der Waals surface area contributed by atoms with Crippen molar-refractivity contribution in [3.63, 3.8) is 0 Å². The molecule has 114 valence electrons. The summed E-state index contributed by atoms with van der Waals surface area (Å²) >= 11 is 5.84. The molecule has 2 rings (SSSR count). The number of rotatable bonds is 4. The number of hydrogen-bond donors (Lipinski definition) is 1. The largest absolute Gasteiger partial charge is 0.352 e. The van der Waals surface area contributed by atoms with Crippen molar-refractivity contribution >= 4 is 23.2 Å². The van der Waals surface area contributed by atoms with Crippen molar-refractivity contribution in [2.45, 2.75) is 27.7 Å². The molecule has 1 N–H and O–H groups in total. The summed E-state index contributed by atoms with van der Waals surface area (Å²) in [6, 6.07) is 1.15. The summed E-state index contributed by atoms with van der Waals surface area (Å²) in [5.74, 6) is -0.0749. The van der Waals surface area contributed by atoms with E-state index in [1.54, 1.807) is 0 Å². The van der Waals surface area contributed by atoms with Crippen LogP contribution in [-0.2, 0) is 0 Å². The van der Waals surface area contributed by atoms with E-state index in [0.717, 1.165) is 12.3 Å². The maximum absolute atomic E-state index is 12.1. The first-order chi connectivity index (χ1) is 9.59. The Morgan fingerprint density at radius 2 is 2.00 bits per heavy atom. The van der Waals surface area contributed by atoms with Crippen molar-refractivity contribution in [1.82, 2.24) is 10.3 Å². The summed E-state index contributed by atoms with van der Waals surface area (Å²) in [7, 11) is 0. The Labute approximate surface area is 128 Å². The minimum Gasteiger partial charge on any atom is -0.352 e. The van der Waals surface area contributed by atoms with Crippen molar-refractivity contribution in [2.75, 3.05) is 6.54 Å². The molecule has 1 fully saturated rings. The van der Waals surface area contributed by atoms with Crippen LogP contribution in [0.2, 0.25) is 5.15 Å². The molecule has 21 heavy (non-hydrogen) atoms. The fourth-order valence-corrected chi connectivity index (χ4v) is 3.02. The van der Waals surface area contributed by atoms with Crippen LogP contribution in [0.4, 0.5) is 5.69 Å². The number of aromatic nitrogens is 1. The Hall–Kier alpha value is -1.69. The maximum atomic E-state index is 12.1. The lowest BCUT2D eigenvalue weighted by Crippen LogP contribution is -2.27. The van der Waals surface area contributed by atoms with E-state index in [1.807, 2.05) is 0 Å². The highest BCUT2D eigenvalue weighted by atomic mass is 35.5. The smallest absolute Gasteiger partial charge is 0.288 e. The van der Waals surface area contributed by atoms with Crippen molar-refractivity contribution in [3.8, 4) is 0 Å². The maximum Gasteiger partial charge on any atom is 0.288 e. The number of carbonyl (C=O) groups excluding carboxylic acids is 1. The molecule has 1 amide bonds. The third kappa shape index (κ3) is 2.60. The number of nitro groups is 1. The molecule has 1 heterocycles. The first-order valence-corrected chi connectivity index (χ1v) is 7.05. The van der Waals surface area contributed by atoms with E-state index in [2.05, 4.69) is 38.0 Å². The van der Waals surface area contributed by atoms with Gasteiger partial charge < -0.3 is 5.32 Å². The van der Waals surface area contributed by atoms with Crippen molar-refractivity contribution in [1.29, 1.82) is 0 Å². The van der Waals surface area contributed by atoms with E-state index in [4.69, 9.17) is 11.6 Å². The number of hydrogen-bond acceptors (Lipinski definition) is 4. The second-order valence-electron chi connectivity index (χ2n) is 6.49. The van der Waals surface area contributed by atoms with Crippen molar-refractivity contribution < 1.29 is 9.72 Å². The Kier molecular flexibility index (Phi) is 3.70. The van der Waals surface area contributed by atoms with Gasteiger partial charge in [-0.15, -0.1) is 0 Å². The second kappa shape index (κ2) is 4.94. The minimum atomic E-state index is -0.604. The molecule has 0 atom stereocenters. The van der Waals surface area contributed by atoms with Gasteiger partial charge in [-0.25, -0.2) is 4.98 Å². The van der Waals surface area contributed by atoms with Crippen molar-refractivity contribution in [3.05, 3.63) is 33.1 Å². The third-order valence-corrected chi connectivity index (χ3v) is 5.37. The Morgan fingerprint density at radius 1 is 1.43 bits per heavy atom. The highest BCUT2D eigenvalue weighted by Gasteiger charge is 2.64. The van der Waals surface area contributed by atoms with E-state index >= 15 is 0 Å². The Morgan fingerprint density at radius 3 is 2.48 bits per heavy atom. The Balaban J connectivity index is 2.08. The predicted octanol–water partition coefficient (Wildman–Crippen LogP) is 3.06. The SMILES string of the molecule is CC1(C)C(CNC(=O)c2cc([N+](=O)[O-])cnc2Cl)C1(C)C. The van der Waals surface area contributed by atoms with Crippen LogP contribution in [0.15, 0.2) is 12.3 Å². The van der Waals surface area contributed by atoms with Gasteiger partial charge in [-0.1, -0.05) is 39.3 Å². The molecule has 0 bridgehead atoms. The number of carbonyl (C=O) groups is 1. The minimum absolute atomic E-state index is 0.0297. The van der Waals surface area contributed by atoms with E-state index in [1.165, 1.54) is 0 Å². The number of nitrogens with zero attached hydrogens (tertiary/aromatic N) is 2. The zero-order chi connectivity index (χ0) is 16.0. The Bertz CT molecular complexity index is 599. The van der Waals surface area contributed by atoms with Gasteiger partial charge in [0.15, 0.2) is 0 Å². The van der Waals surface area contributed by atoms with E-state index in [0.29, 0.717) is 12.5 Å². The van der Waals surface area contributed by atoms with Gasteiger partial charge in [0.1, 0.15) is 11.3 Å². The number of halogens is 1. The predicted molar refractivity (Wildman–Crippen MR) is 79.3 cm³/mol. The van der Waals surface area contributed by atoms with Gasteiger partial charge in [0.2, 0.25) is 0 Å². The van der Waals surface area contributed by atoms with Crippen LogP contribution in [0, 0.1) is 26.9 Å². The summed E-state index contributed by atoms with van der Waals surface area (Å²) in [5, 5.41) is 13.5. The highest BCUT2D eigenvalue weighted by molar-refractivity contribution is 6.32. The number of amides is 1. The average molecular weight is 312 g/mol. The molecule has 0 spiro atoms. The summed E-state index contributed by atoms with van der Waals surface area (Å²) in [4.78, 5) is 25.9. The molecule has 0 aliphatic heterocycles. The molecule has 0 unspecified atom stereocenters. The molecule has 1 aliphatic carbocycles. The molecular weight excluding hydrogens is 294 g/mol. The van der Waals surface area contributed by atoms with E-state index in [-0.39, 0.29) is 27.2 Å². The standard InChI is InChI=1S/C14H18ClN3O3/c1-13(2)10(14(13,3)4)7-17-12(19)9-5-8(18(20)21)6-16-11(9)15/h5-6,10H,7H2,1-4H3,(H,17,19). The molecular formula is C14H18ClN3O3. The van der Waals surface area contributed by atoms with Crippen LogP contribution >= 0.6 is 11.6 Å². The summed E-state index contributed by atoms with van der Waals surface area (Å²) in [6.45, 7) is 9.15. The van der Waals surface area contributed by atoms with Gasteiger partial charge in [0.05, 0.1) is 10.5 Å². The van der Waals surface area contributed by atoms with Gasteiger partial charge in [-0.2, -0.15) is 0 Å². The van der Waals surface area contributed by atoms with Gasteiger partial charge in [-0.05, 0) is 16.7 Å².